The predicted molar refractivity (Wildman–Crippen MR) is 106 cm³/mol. The van der Waals surface area contributed by atoms with Crippen molar-refractivity contribution < 1.29 is 14.4 Å². The average Bonchev–Trinajstić information content (AvgIpc) is 3.09. The average molecular weight is 415 g/mol. The van der Waals surface area contributed by atoms with Crippen LogP contribution in [0.15, 0.2) is 18.2 Å². The third kappa shape index (κ3) is 7.36. The smallest absolute Gasteiger partial charge is 0.321 e. The highest BCUT2D eigenvalue weighted by atomic mass is 35.5. The number of imide groups is 1. The van der Waals surface area contributed by atoms with Crippen LogP contribution in [0.3, 0.4) is 0 Å². The van der Waals surface area contributed by atoms with Crippen molar-refractivity contribution in [2.45, 2.75) is 38.1 Å². The van der Waals surface area contributed by atoms with Gasteiger partial charge in [0.15, 0.2) is 0 Å². The van der Waals surface area contributed by atoms with Crippen molar-refractivity contribution in [2.75, 3.05) is 25.5 Å². The molecule has 0 atom stereocenters. The molecule has 0 bridgehead atoms. The van der Waals surface area contributed by atoms with Crippen LogP contribution in [-0.4, -0.2) is 48.9 Å². The zero-order chi connectivity index (χ0) is 19.8. The topological polar surface area (TPSA) is 90.5 Å². The number of hydrogen-bond acceptors (Lipinski definition) is 4. The molecule has 9 heteroatoms. The molecule has 148 valence electrons. The second-order valence-corrected chi connectivity index (χ2v) is 7.45. The van der Waals surface area contributed by atoms with Crippen LogP contribution in [0.5, 0.6) is 0 Å². The highest BCUT2D eigenvalue weighted by Gasteiger charge is 2.18. The van der Waals surface area contributed by atoms with E-state index in [4.69, 9.17) is 23.2 Å². The van der Waals surface area contributed by atoms with E-state index in [1.54, 1.807) is 30.1 Å². The largest absolute Gasteiger partial charge is 0.335 e. The lowest BCUT2D eigenvalue weighted by Gasteiger charge is -2.17. The van der Waals surface area contributed by atoms with Gasteiger partial charge in [-0.2, -0.15) is 0 Å². The zero-order valence-electron chi connectivity index (χ0n) is 15.2. The lowest BCUT2D eigenvalue weighted by atomic mass is 10.2. The van der Waals surface area contributed by atoms with Gasteiger partial charge in [-0.25, -0.2) is 4.79 Å². The molecule has 1 fully saturated rings. The minimum Gasteiger partial charge on any atom is -0.335 e. The van der Waals surface area contributed by atoms with Crippen LogP contribution in [0.25, 0.3) is 0 Å². The van der Waals surface area contributed by atoms with Gasteiger partial charge in [-0.05, 0) is 32.0 Å². The molecule has 1 aromatic rings. The summed E-state index contributed by atoms with van der Waals surface area (Å²) in [6, 6.07) is 4.65. The Hall–Kier alpha value is -1.83. The van der Waals surface area contributed by atoms with Crippen LogP contribution in [0.1, 0.15) is 32.1 Å². The van der Waals surface area contributed by atoms with Crippen molar-refractivity contribution in [2.24, 2.45) is 0 Å². The number of anilines is 1. The van der Waals surface area contributed by atoms with Gasteiger partial charge < -0.3 is 10.6 Å². The molecule has 2 rings (SSSR count). The molecular weight excluding hydrogens is 391 g/mol. The molecule has 0 aromatic heterocycles. The molecule has 0 aliphatic heterocycles. The quantitative estimate of drug-likeness (QED) is 0.639. The molecule has 7 nitrogen and oxygen atoms in total. The third-order valence-electron chi connectivity index (χ3n) is 4.30. The first-order chi connectivity index (χ1) is 12.8. The summed E-state index contributed by atoms with van der Waals surface area (Å²) < 4.78 is 0. The van der Waals surface area contributed by atoms with Gasteiger partial charge in [0.1, 0.15) is 0 Å². The van der Waals surface area contributed by atoms with Gasteiger partial charge in [0.05, 0.1) is 22.3 Å². The summed E-state index contributed by atoms with van der Waals surface area (Å²) in [5.74, 6) is -0.682. The monoisotopic (exact) mass is 414 g/mol. The number of likely N-dealkylation sites (N-methyl/N-ethyl adjacent to an activating group) is 1. The Morgan fingerprint density at radius 3 is 2.37 bits per heavy atom. The van der Waals surface area contributed by atoms with Gasteiger partial charge in [-0.15, -0.1) is 0 Å². The second-order valence-electron chi connectivity index (χ2n) is 6.64. The number of carbonyl (C=O) groups is 3. The minimum atomic E-state index is -0.458. The number of benzene rings is 1. The number of hydrogen-bond donors (Lipinski definition) is 3. The fourth-order valence-corrected chi connectivity index (χ4v) is 3.39. The predicted octanol–water partition coefficient (Wildman–Crippen LogP) is 3.02. The van der Waals surface area contributed by atoms with Gasteiger partial charge in [0.25, 0.3) is 0 Å². The van der Waals surface area contributed by atoms with E-state index in [0.29, 0.717) is 22.3 Å². The molecule has 4 amide bonds. The third-order valence-corrected chi connectivity index (χ3v) is 4.93. The molecule has 0 saturated heterocycles. The van der Waals surface area contributed by atoms with Crippen molar-refractivity contribution in [1.82, 2.24) is 15.5 Å². The Balaban J connectivity index is 1.68. The lowest BCUT2D eigenvalue weighted by molar-refractivity contribution is -0.121. The number of rotatable bonds is 7. The van der Waals surface area contributed by atoms with Crippen molar-refractivity contribution in [3.8, 4) is 0 Å². The first-order valence-electron chi connectivity index (χ1n) is 8.88. The van der Waals surface area contributed by atoms with Gasteiger partial charge in [0.2, 0.25) is 11.8 Å². The van der Waals surface area contributed by atoms with Gasteiger partial charge in [-0.1, -0.05) is 42.1 Å². The van der Waals surface area contributed by atoms with Crippen LogP contribution in [0.2, 0.25) is 10.0 Å². The fourth-order valence-electron chi connectivity index (χ4n) is 2.89. The number of amides is 4. The van der Waals surface area contributed by atoms with Gasteiger partial charge >= 0.3 is 6.03 Å². The van der Waals surface area contributed by atoms with E-state index < -0.39 is 6.03 Å². The maximum atomic E-state index is 12.1. The SMILES string of the molecule is CN(CCC(=O)NC(=O)NC1CCCC1)CC(=O)Nc1c(Cl)cccc1Cl. The maximum Gasteiger partial charge on any atom is 0.321 e. The standard InChI is InChI=1S/C18H24Cl2N4O3/c1-24(11-16(26)22-17-13(19)7-4-8-14(17)20)10-9-15(25)23-18(27)21-12-5-2-3-6-12/h4,7-8,12H,2-3,5-6,9-11H2,1H3,(H,22,26)(H2,21,23,25,27). The number of para-hydroxylation sites is 1. The Kier molecular flexibility index (Phi) is 8.34. The van der Waals surface area contributed by atoms with Crippen molar-refractivity contribution in [3.63, 3.8) is 0 Å². The van der Waals surface area contributed by atoms with Crippen molar-refractivity contribution in [3.05, 3.63) is 28.2 Å². The molecular formula is C18H24Cl2N4O3. The normalized spacial score (nSPS) is 14.2. The number of halogens is 2. The van der Waals surface area contributed by atoms with Crippen LogP contribution in [-0.2, 0) is 9.59 Å². The van der Waals surface area contributed by atoms with E-state index in [2.05, 4.69) is 16.0 Å². The molecule has 1 aliphatic rings. The summed E-state index contributed by atoms with van der Waals surface area (Å²) >= 11 is 12.0. The van der Waals surface area contributed by atoms with Crippen molar-refractivity contribution in [1.29, 1.82) is 0 Å². The molecule has 1 saturated carbocycles. The number of urea groups is 1. The van der Waals surface area contributed by atoms with Crippen LogP contribution in [0.4, 0.5) is 10.5 Å². The van der Waals surface area contributed by atoms with Crippen LogP contribution in [0, 0.1) is 0 Å². The van der Waals surface area contributed by atoms with Crippen molar-refractivity contribution >= 4 is 46.7 Å². The minimum absolute atomic E-state index is 0.0586. The number of nitrogens with zero attached hydrogens (tertiary/aromatic N) is 1. The van der Waals surface area contributed by atoms with Gasteiger partial charge in [0, 0.05) is 19.0 Å². The Morgan fingerprint density at radius 1 is 1.11 bits per heavy atom. The molecule has 0 radical (unpaired) electrons. The molecule has 1 aromatic carbocycles. The van der Waals surface area contributed by atoms with E-state index in [1.807, 2.05) is 0 Å². The highest BCUT2D eigenvalue weighted by molar-refractivity contribution is 6.39. The van der Waals surface area contributed by atoms with E-state index in [-0.39, 0.29) is 30.8 Å². The van der Waals surface area contributed by atoms with Gasteiger partial charge in [-0.3, -0.25) is 19.8 Å². The molecule has 0 heterocycles. The summed E-state index contributed by atoms with van der Waals surface area (Å²) in [5, 5.41) is 8.48. The molecule has 3 N–H and O–H groups in total. The molecule has 1 aliphatic carbocycles. The van der Waals surface area contributed by atoms with E-state index in [0.717, 1.165) is 25.7 Å². The Labute approximate surface area is 168 Å². The second kappa shape index (κ2) is 10.5. The van der Waals surface area contributed by atoms with E-state index in [9.17, 15) is 14.4 Å². The molecule has 0 unspecified atom stereocenters. The highest BCUT2D eigenvalue weighted by Crippen LogP contribution is 2.29. The number of carbonyl (C=O) groups excluding carboxylic acids is 3. The lowest BCUT2D eigenvalue weighted by Crippen LogP contribution is -2.44. The summed E-state index contributed by atoms with van der Waals surface area (Å²) in [6.45, 7) is 0.384. The Bertz CT molecular complexity index is 673. The first-order valence-corrected chi connectivity index (χ1v) is 9.63. The van der Waals surface area contributed by atoms with Crippen LogP contribution < -0.4 is 16.0 Å². The summed E-state index contributed by atoms with van der Waals surface area (Å²) in [4.78, 5) is 37.4. The van der Waals surface area contributed by atoms with Crippen LogP contribution >= 0.6 is 23.2 Å². The molecule has 0 spiro atoms. The summed E-state index contributed by atoms with van der Waals surface area (Å²) in [6.07, 6.45) is 4.22. The maximum absolute atomic E-state index is 12.1. The summed E-state index contributed by atoms with van der Waals surface area (Å²) in [7, 11) is 1.71. The number of nitrogens with one attached hydrogen (secondary N) is 3. The molecule has 27 heavy (non-hydrogen) atoms. The zero-order valence-corrected chi connectivity index (χ0v) is 16.7. The fraction of sp³-hybridized carbons (Fsp3) is 0.500. The Morgan fingerprint density at radius 2 is 1.74 bits per heavy atom. The van der Waals surface area contributed by atoms with E-state index in [1.165, 1.54) is 0 Å². The summed E-state index contributed by atoms with van der Waals surface area (Å²) in [5.41, 5.74) is 0.362. The first kappa shape index (κ1) is 21.5. The van der Waals surface area contributed by atoms with E-state index >= 15 is 0 Å².